The van der Waals surface area contributed by atoms with Gasteiger partial charge in [-0.25, -0.2) is 9.55 Å². The molecule has 4 rings (SSSR count). The van der Waals surface area contributed by atoms with E-state index in [1.165, 1.54) is 24.9 Å². The first-order chi connectivity index (χ1) is 16.7. The zero-order chi connectivity index (χ0) is 25.2. The smallest absolute Gasteiger partial charge is 0.459 e. The number of fused-ring (bicyclic) bond motifs is 1. The molecule has 13 nitrogen and oxygen atoms in total. The van der Waals surface area contributed by atoms with Crippen molar-refractivity contribution in [1.29, 1.82) is 0 Å². The minimum absolute atomic E-state index is 0.0556. The van der Waals surface area contributed by atoms with Crippen molar-refractivity contribution in [2.45, 2.75) is 19.4 Å². The number of carbonyl (C=O) groups excluding carboxylic acids is 1. The third-order valence-corrected chi connectivity index (χ3v) is 7.14. The topological polar surface area (TPSA) is 184 Å². The molecule has 186 valence electrons. The van der Waals surface area contributed by atoms with E-state index in [0.29, 0.717) is 6.42 Å². The summed E-state index contributed by atoms with van der Waals surface area (Å²) in [6, 6.07) is 7.36. The summed E-state index contributed by atoms with van der Waals surface area (Å²) < 4.78 is 31.0. The molecule has 0 aliphatic heterocycles. The first-order valence-electron chi connectivity index (χ1n) is 10.6. The van der Waals surface area contributed by atoms with Gasteiger partial charge in [0, 0.05) is 11.6 Å². The number of aromatic amines is 1. The van der Waals surface area contributed by atoms with Crippen LogP contribution < -0.4 is 20.9 Å². The molecule has 2 aromatic heterocycles. The first kappa shape index (κ1) is 24.6. The molecule has 0 saturated heterocycles. The number of ether oxygens (including phenoxy) is 1. The number of nitrogens with zero attached hydrogens (tertiary/aromatic N) is 3. The van der Waals surface area contributed by atoms with E-state index in [4.69, 9.17) is 14.8 Å². The van der Waals surface area contributed by atoms with Gasteiger partial charge in [0.25, 0.3) is 5.56 Å². The molecular formula is C21H25N6O7P. The Morgan fingerprint density at radius 2 is 2.17 bits per heavy atom. The van der Waals surface area contributed by atoms with Gasteiger partial charge in [0.15, 0.2) is 11.2 Å². The average molecular weight is 504 g/mol. The number of rotatable bonds is 10. The van der Waals surface area contributed by atoms with Crippen LogP contribution in [-0.2, 0) is 18.6 Å². The number of nitrogens with two attached hydrogens (primary N) is 1. The lowest BCUT2D eigenvalue weighted by Gasteiger charge is -2.24. The average Bonchev–Trinajstić information content (AvgIpc) is 3.38. The molecule has 2 heterocycles. The summed E-state index contributed by atoms with van der Waals surface area (Å²) in [5, 5.41) is 12.7. The predicted molar refractivity (Wildman–Crippen MR) is 126 cm³/mol. The number of aliphatic hydroxyl groups is 1. The number of anilines is 1. The Balaban J connectivity index is 1.55. The number of carbonyl (C=O) groups is 1. The Kier molecular flexibility index (Phi) is 6.77. The number of para-hydroxylation sites is 1. The number of nitrogens with one attached hydrogen (secondary N) is 2. The molecule has 35 heavy (non-hydrogen) atoms. The Bertz CT molecular complexity index is 1370. The van der Waals surface area contributed by atoms with E-state index in [9.17, 15) is 19.3 Å². The number of methoxy groups -OCH3 is 1. The van der Waals surface area contributed by atoms with Crippen LogP contribution >= 0.6 is 7.75 Å². The normalized spacial score (nSPS) is 20.9. The Labute approximate surface area is 199 Å². The number of hydrogen-bond acceptors (Lipinski definition) is 10. The van der Waals surface area contributed by atoms with E-state index in [1.807, 2.05) is 0 Å². The maximum Gasteiger partial charge on any atom is 0.459 e. The lowest BCUT2D eigenvalue weighted by Crippen LogP contribution is -2.35. The molecule has 14 heteroatoms. The highest BCUT2D eigenvalue weighted by molar-refractivity contribution is 7.52. The van der Waals surface area contributed by atoms with E-state index in [1.54, 1.807) is 36.5 Å². The van der Waals surface area contributed by atoms with E-state index in [-0.39, 0.29) is 36.1 Å². The summed E-state index contributed by atoms with van der Waals surface area (Å²) in [7, 11) is -2.86. The van der Waals surface area contributed by atoms with Gasteiger partial charge in [-0.2, -0.15) is 10.1 Å². The Morgan fingerprint density at radius 1 is 1.43 bits per heavy atom. The number of aromatic nitrogens is 4. The third kappa shape index (κ3) is 5.28. The molecule has 5 N–H and O–H groups in total. The van der Waals surface area contributed by atoms with Crippen LogP contribution in [0.3, 0.4) is 0 Å². The molecule has 0 unspecified atom stereocenters. The third-order valence-electron chi connectivity index (χ3n) is 5.52. The van der Waals surface area contributed by atoms with Gasteiger partial charge in [-0.3, -0.25) is 23.7 Å². The summed E-state index contributed by atoms with van der Waals surface area (Å²) >= 11 is 0. The van der Waals surface area contributed by atoms with Crippen molar-refractivity contribution in [3.8, 4) is 5.75 Å². The zero-order valence-corrected chi connectivity index (χ0v) is 19.9. The molecule has 0 amide bonds. The molecule has 1 aromatic carbocycles. The van der Waals surface area contributed by atoms with Gasteiger partial charge in [0.1, 0.15) is 18.1 Å². The van der Waals surface area contributed by atoms with Gasteiger partial charge in [-0.05, 0) is 31.1 Å². The van der Waals surface area contributed by atoms with Crippen molar-refractivity contribution in [1.82, 2.24) is 24.6 Å². The predicted octanol–water partition coefficient (Wildman–Crippen LogP) is 1.28. The van der Waals surface area contributed by atoms with Crippen molar-refractivity contribution in [3.63, 3.8) is 0 Å². The molecule has 3 aromatic rings. The van der Waals surface area contributed by atoms with Gasteiger partial charge in [-0.1, -0.05) is 18.2 Å². The van der Waals surface area contributed by atoms with Gasteiger partial charge in [-0.15, -0.1) is 0 Å². The fraction of sp³-hybridized carbons (Fsp3) is 0.333. The zero-order valence-electron chi connectivity index (χ0n) is 19.0. The minimum Gasteiger partial charge on any atom is -0.468 e. The van der Waals surface area contributed by atoms with E-state index >= 15 is 0 Å². The van der Waals surface area contributed by atoms with Gasteiger partial charge >= 0.3 is 13.7 Å². The van der Waals surface area contributed by atoms with Gasteiger partial charge in [0.2, 0.25) is 5.95 Å². The molecule has 1 saturated carbocycles. The number of aliphatic hydroxyl groups excluding tert-OH is 1. The number of imidazole rings is 1. The fourth-order valence-electron chi connectivity index (χ4n) is 3.44. The fourth-order valence-corrected chi connectivity index (χ4v) is 5.02. The quantitative estimate of drug-likeness (QED) is 0.230. The lowest BCUT2D eigenvalue weighted by molar-refractivity contribution is -0.142. The largest absolute Gasteiger partial charge is 0.468 e. The van der Waals surface area contributed by atoms with Crippen LogP contribution in [0.2, 0.25) is 0 Å². The summed E-state index contributed by atoms with van der Waals surface area (Å²) in [5.74, 6) is -0.438. The maximum atomic E-state index is 13.5. The Morgan fingerprint density at radius 3 is 2.86 bits per heavy atom. The monoisotopic (exact) mass is 504 g/mol. The molecule has 1 fully saturated rings. The molecule has 0 bridgehead atoms. The second kappa shape index (κ2) is 9.62. The van der Waals surface area contributed by atoms with Crippen molar-refractivity contribution in [2.24, 2.45) is 5.41 Å². The second-order valence-electron chi connectivity index (χ2n) is 8.09. The Hall–Kier alpha value is -3.51. The van der Waals surface area contributed by atoms with Crippen molar-refractivity contribution >= 4 is 37.0 Å². The number of esters is 1. The van der Waals surface area contributed by atoms with E-state index in [0.717, 1.165) is 5.57 Å². The highest BCUT2D eigenvalue weighted by atomic mass is 31.2. The van der Waals surface area contributed by atoms with Crippen LogP contribution in [-0.4, -0.2) is 57.0 Å². The van der Waals surface area contributed by atoms with Crippen LogP contribution in [0.25, 0.3) is 17.4 Å². The van der Waals surface area contributed by atoms with Crippen LogP contribution in [0, 0.1) is 5.41 Å². The molecule has 1 aliphatic carbocycles. The molecule has 1 aliphatic rings. The highest BCUT2D eigenvalue weighted by Gasteiger charge is 2.51. The molecule has 0 radical (unpaired) electrons. The van der Waals surface area contributed by atoms with Crippen LogP contribution in [0.5, 0.6) is 5.75 Å². The lowest BCUT2D eigenvalue weighted by atomic mass is 10.1. The molecule has 0 spiro atoms. The van der Waals surface area contributed by atoms with Crippen LogP contribution in [0.4, 0.5) is 5.95 Å². The number of nitrogen functional groups attached to an aromatic ring is 1. The summed E-state index contributed by atoms with van der Waals surface area (Å²) in [6.45, 7) is 0.980. The summed E-state index contributed by atoms with van der Waals surface area (Å²) in [5.41, 5.74) is 5.43. The van der Waals surface area contributed by atoms with Crippen molar-refractivity contribution in [2.75, 3.05) is 26.1 Å². The van der Waals surface area contributed by atoms with Crippen LogP contribution in [0.15, 0.2) is 47.0 Å². The van der Waals surface area contributed by atoms with Crippen LogP contribution in [0.1, 0.15) is 13.3 Å². The SMILES string of the molecule is COC(=O)[C@H](C)N[P@](=O)(OC[C@@]1(CO)C/C1=C/n1cnc2c(=O)[nH]c(N)nc21)Oc1ccccc1. The van der Waals surface area contributed by atoms with Crippen molar-refractivity contribution in [3.05, 3.63) is 52.6 Å². The highest BCUT2D eigenvalue weighted by Crippen LogP contribution is 2.56. The maximum absolute atomic E-state index is 13.5. The summed E-state index contributed by atoms with van der Waals surface area (Å²) in [6.07, 6.45) is 3.48. The first-order valence-corrected chi connectivity index (χ1v) is 12.1. The second-order valence-corrected chi connectivity index (χ2v) is 9.79. The summed E-state index contributed by atoms with van der Waals surface area (Å²) in [4.78, 5) is 34.4. The van der Waals surface area contributed by atoms with E-state index in [2.05, 4.69) is 24.8 Å². The number of benzene rings is 1. The molecule has 3 atom stereocenters. The number of H-pyrrole nitrogens is 1. The standard InChI is InChI=1S/C21H25N6O7P/c1-13(19(30)32-2)26-35(31,34-15-6-4-3-5-7-15)33-11-21(10-28)8-14(21)9-27-12-23-16-17(27)24-20(22)25-18(16)29/h3-7,9,12-13,28H,8,10-11H2,1-2H3,(H,26,31)(H3,22,24,25,29)/b14-9-/t13-,21-,35-/m0/s1. The molecular weight excluding hydrogens is 479 g/mol. The van der Waals surface area contributed by atoms with E-state index < -0.39 is 30.7 Å². The van der Waals surface area contributed by atoms with Crippen molar-refractivity contribution < 1.29 is 28.3 Å². The number of hydrogen-bond donors (Lipinski definition) is 4. The van der Waals surface area contributed by atoms with Gasteiger partial charge in [0.05, 0.1) is 20.3 Å². The van der Waals surface area contributed by atoms with Gasteiger partial charge < -0.3 is 20.1 Å². The minimum atomic E-state index is -4.07.